The zero-order valence-electron chi connectivity index (χ0n) is 21.8. The van der Waals surface area contributed by atoms with E-state index in [4.69, 9.17) is 4.74 Å². The van der Waals surface area contributed by atoms with Crippen LogP contribution in [0.4, 0.5) is 9.59 Å². The Kier molecular flexibility index (Phi) is 8.77. The number of hydrogen-bond donors (Lipinski definition) is 2. The summed E-state index contributed by atoms with van der Waals surface area (Å²) in [7, 11) is 1.68. The summed E-state index contributed by atoms with van der Waals surface area (Å²) in [6.07, 6.45) is 0.890. The van der Waals surface area contributed by atoms with Crippen molar-refractivity contribution in [3.05, 3.63) is 46.2 Å². The summed E-state index contributed by atoms with van der Waals surface area (Å²) in [6, 6.07) is 5.14. The van der Waals surface area contributed by atoms with Gasteiger partial charge in [0.15, 0.2) is 0 Å². The molecule has 1 fully saturated rings. The lowest BCUT2D eigenvalue weighted by atomic mass is 9.90. The highest BCUT2D eigenvalue weighted by Gasteiger charge is 2.39. The van der Waals surface area contributed by atoms with E-state index in [2.05, 4.69) is 15.5 Å². The second-order valence-electron chi connectivity index (χ2n) is 9.39. The standard InChI is InChI=1S/C26H39N5O4/c1-7-11-27-25(33)31-13-12-30(15-19(31)5)16-21-22(24(32)35-8-2)23(28-26(34)29(21)6)20-14-17(3)9-10-18(20)4/h9-10,14,19,23H,7-8,11-13,15-16H2,1-6H3,(H,27,33)(H,28,34)/t19-,23-/m1/s1. The first-order valence-electron chi connectivity index (χ1n) is 12.5. The van der Waals surface area contributed by atoms with Crippen molar-refractivity contribution in [2.24, 2.45) is 0 Å². The van der Waals surface area contributed by atoms with Crippen molar-refractivity contribution in [3.8, 4) is 0 Å². The fourth-order valence-corrected chi connectivity index (χ4v) is 4.73. The molecule has 1 saturated heterocycles. The van der Waals surface area contributed by atoms with Gasteiger partial charge in [-0.3, -0.25) is 9.80 Å². The Morgan fingerprint density at radius 3 is 2.60 bits per heavy atom. The quantitative estimate of drug-likeness (QED) is 0.579. The second kappa shape index (κ2) is 11.6. The van der Waals surface area contributed by atoms with Crippen molar-refractivity contribution in [3.63, 3.8) is 0 Å². The molecule has 35 heavy (non-hydrogen) atoms. The number of amides is 4. The molecule has 0 saturated carbocycles. The third-order valence-corrected chi connectivity index (χ3v) is 6.69. The molecule has 0 aromatic heterocycles. The van der Waals surface area contributed by atoms with E-state index >= 15 is 0 Å². The Morgan fingerprint density at radius 1 is 1.20 bits per heavy atom. The smallest absolute Gasteiger partial charge is 0.338 e. The molecule has 2 aliphatic heterocycles. The summed E-state index contributed by atoms with van der Waals surface area (Å²) in [6.45, 7) is 13.0. The lowest BCUT2D eigenvalue weighted by Crippen LogP contribution is -2.58. The van der Waals surface area contributed by atoms with E-state index in [9.17, 15) is 14.4 Å². The number of rotatable bonds is 7. The first kappa shape index (κ1) is 26.5. The number of nitrogens with one attached hydrogen (secondary N) is 2. The van der Waals surface area contributed by atoms with Crippen molar-refractivity contribution in [1.82, 2.24) is 25.3 Å². The highest BCUT2D eigenvalue weighted by atomic mass is 16.5. The Morgan fingerprint density at radius 2 is 1.94 bits per heavy atom. The van der Waals surface area contributed by atoms with E-state index in [1.807, 2.05) is 50.8 Å². The van der Waals surface area contributed by atoms with E-state index < -0.39 is 12.0 Å². The largest absolute Gasteiger partial charge is 0.463 e. The van der Waals surface area contributed by atoms with Crippen LogP contribution in [0.1, 0.15) is 49.9 Å². The van der Waals surface area contributed by atoms with E-state index in [1.165, 1.54) is 4.90 Å². The molecule has 1 aromatic carbocycles. The monoisotopic (exact) mass is 485 g/mol. The van der Waals surface area contributed by atoms with Gasteiger partial charge in [0.2, 0.25) is 0 Å². The van der Waals surface area contributed by atoms with Gasteiger partial charge >= 0.3 is 18.0 Å². The van der Waals surface area contributed by atoms with Crippen molar-refractivity contribution < 1.29 is 19.1 Å². The van der Waals surface area contributed by atoms with Crippen LogP contribution in [-0.2, 0) is 9.53 Å². The molecule has 0 radical (unpaired) electrons. The molecule has 9 nitrogen and oxygen atoms in total. The van der Waals surface area contributed by atoms with Gasteiger partial charge in [-0.2, -0.15) is 0 Å². The van der Waals surface area contributed by atoms with E-state index in [-0.39, 0.29) is 24.7 Å². The molecule has 192 valence electrons. The topological polar surface area (TPSA) is 94.2 Å². The highest BCUT2D eigenvalue weighted by molar-refractivity contribution is 5.95. The number of esters is 1. The molecular weight excluding hydrogens is 446 g/mol. The number of likely N-dealkylation sites (N-methyl/N-ethyl adjacent to an activating group) is 1. The maximum atomic E-state index is 13.3. The zero-order chi connectivity index (χ0) is 25.7. The van der Waals surface area contributed by atoms with E-state index in [0.717, 1.165) is 23.1 Å². The molecule has 2 atom stereocenters. The fourth-order valence-electron chi connectivity index (χ4n) is 4.73. The van der Waals surface area contributed by atoms with Crippen molar-refractivity contribution in [2.75, 3.05) is 46.4 Å². The van der Waals surface area contributed by atoms with Crippen molar-refractivity contribution >= 4 is 18.0 Å². The number of urea groups is 2. The van der Waals surface area contributed by atoms with Gasteiger partial charge < -0.3 is 20.3 Å². The molecule has 0 aliphatic carbocycles. The van der Waals surface area contributed by atoms with Gasteiger partial charge in [0.05, 0.1) is 18.2 Å². The molecule has 0 unspecified atom stereocenters. The minimum absolute atomic E-state index is 0.00443. The normalized spacial score (nSPS) is 21.1. The average Bonchev–Trinajstić information content (AvgIpc) is 2.82. The van der Waals surface area contributed by atoms with Crippen LogP contribution >= 0.6 is 0 Å². The average molecular weight is 486 g/mol. The molecule has 4 amide bonds. The first-order chi connectivity index (χ1) is 16.7. The number of benzene rings is 1. The third kappa shape index (κ3) is 5.96. The van der Waals surface area contributed by atoms with Crippen molar-refractivity contribution in [2.45, 2.75) is 53.1 Å². The maximum absolute atomic E-state index is 13.3. The lowest BCUT2D eigenvalue weighted by Gasteiger charge is -2.42. The molecule has 9 heteroatoms. The van der Waals surface area contributed by atoms with Gasteiger partial charge in [-0.05, 0) is 45.2 Å². The zero-order valence-corrected chi connectivity index (χ0v) is 21.8. The molecular formula is C26H39N5O4. The summed E-state index contributed by atoms with van der Waals surface area (Å²) in [5, 5.41) is 5.95. The highest BCUT2D eigenvalue weighted by Crippen LogP contribution is 2.33. The number of nitrogens with zero attached hydrogens (tertiary/aromatic N) is 3. The molecule has 1 aromatic rings. The Balaban J connectivity index is 1.93. The van der Waals surface area contributed by atoms with Crippen LogP contribution in [0.5, 0.6) is 0 Å². The van der Waals surface area contributed by atoms with E-state index in [1.54, 1.807) is 14.0 Å². The Labute approximate surface area is 208 Å². The number of ether oxygens (including phenoxy) is 1. The molecule has 3 rings (SSSR count). The maximum Gasteiger partial charge on any atom is 0.338 e. The number of carbonyl (C=O) groups excluding carboxylic acids is 3. The third-order valence-electron chi connectivity index (χ3n) is 6.69. The minimum atomic E-state index is -0.591. The second-order valence-corrected chi connectivity index (χ2v) is 9.39. The predicted molar refractivity (Wildman–Crippen MR) is 135 cm³/mol. The fraction of sp³-hybridized carbons (Fsp3) is 0.577. The van der Waals surface area contributed by atoms with Gasteiger partial charge in [-0.25, -0.2) is 14.4 Å². The SMILES string of the molecule is CCCNC(=O)N1CCN(CC2=C(C(=O)OCC)[C@@H](c3cc(C)ccc3C)NC(=O)N2C)C[C@H]1C. The van der Waals surface area contributed by atoms with Crippen LogP contribution in [0, 0.1) is 13.8 Å². The van der Waals surface area contributed by atoms with Gasteiger partial charge in [0.25, 0.3) is 0 Å². The molecule has 0 spiro atoms. The van der Waals surface area contributed by atoms with Crippen LogP contribution in [0.3, 0.4) is 0 Å². The summed E-state index contributed by atoms with van der Waals surface area (Å²) in [5.74, 6) is -0.425. The van der Waals surface area contributed by atoms with Gasteiger partial charge in [-0.15, -0.1) is 0 Å². The molecule has 2 N–H and O–H groups in total. The van der Waals surface area contributed by atoms with Crippen LogP contribution in [0.15, 0.2) is 29.5 Å². The first-order valence-corrected chi connectivity index (χ1v) is 12.5. The van der Waals surface area contributed by atoms with Crippen LogP contribution in [0.25, 0.3) is 0 Å². The lowest BCUT2D eigenvalue weighted by molar-refractivity contribution is -0.139. The summed E-state index contributed by atoms with van der Waals surface area (Å²) >= 11 is 0. The van der Waals surface area contributed by atoms with E-state index in [0.29, 0.717) is 44.0 Å². The Hall–Kier alpha value is -3.07. The molecule has 2 aliphatic rings. The van der Waals surface area contributed by atoms with Gasteiger partial charge in [-0.1, -0.05) is 30.7 Å². The van der Waals surface area contributed by atoms with Crippen LogP contribution in [0.2, 0.25) is 0 Å². The number of carbonyl (C=O) groups is 3. The van der Waals surface area contributed by atoms with Crippen molar-refractivity contribution in [1.29, 1.82) is 0 Å². The van der Waals surface area contributed by atoms with Gasteiger partial charge in [0, 0.05) is 51.5 Å². The molecule has 0 bridgehead atoms. The number of hydrogen-bond acceptors (Lipinski definition) is 5. The minimum Gasteiger partial charge on any atom is -0.463 e. The summed E-state index contributed by atoms with van der Waals surface area (Å²) < 4.78 is 5.46. The predicted octanol–water partition coefficient (Wildman–Crippen LogP) is 2.94. The van der Waals surface area contributed by atoms with Crippen LogP contribution in [-0.4, -0.2) is 85.2 Å². The number of piperazine rings is 1. The van der Waals surface area contributed by atoms with Crippen LogP contribution < -0.4 is 10.6 Å². The number of aryl methyl sites for hydroxylation is 2. The summed E-state index contributed by atoms with van der Waals surface area (Å²) in [5.41, 5.74) is 4.02. The Bertz CT molecular complexity index is 992. The molecule has 2 heterocycles. The summed E-state index contributed by atoms with van der Waals surface area (Å²) in [4.78, 5) is 44.3. The van der Waals surface area contributed by atoms with Gasteiger partial charge in [0.1, 0.15) is 0 Å².